The van der Waals surface area contributed by atoms with Crippen LogP contribution in [0.3, 0.4) is 0 Å². The molecule has 2 N–H and O–H groups in total. The Morgan fingerprint density at radius 2 is 2.21 bits per heavy atom. The highest BCUT2D eigenvalue weighted by Gasteiger charge is 2.27. The van der Waals surface area contributed by atoms with Gasteiger partial charge in [-0.3, -0.25) is 0 Å². The molecule has 0 aromatic carbocycles. The van der Waals surface area contributed by atoms with Crippen molar-refractivity contribution in [2.75, 3.05) is 13.1 Å². The SMILES string of the molecule is CC(C)CN(CCC(N)=S)S(=O)(=O)c1cn(C)cn1. The Hall–Kier alpha value is -0.990. The summed E-state index contributed by atoms with van der Waals surface area (Å²) >= 11 is 4.81. The number of nitrogens with two attached hydrogens (primary N) is 1. The van der Waals surface area contributed by atoms with E-state index >= 15 is 0 Å². The smallest absolute Gasteiger partial charge is 0.262 e. The molecule has 0 saturated heterocycles. The average molecular weight is 304 g/mol. The second-order valence-corrected chi connectivity index (χ2v) is 7.26. The first-order valence-corrected chi connectivity index (χ1v) is 7.84. The van der Waals surface area contributed by atoms with Crippen molar-refractivity contribution in [1.29, 1.82) is 0 Å². The summed E-state index contributed by atoms with van der Waals surface area (Å²) in [5, 5.41) is 0.0542. The Balaban J connectivity index is 2.98. The van der Waals surface area contributed by atoms with Crippen LogP contribution in [0.1, 0.15) is 20.3 Å². The molecular weight excluding hydrogens is 284 g/mol. The maximum Gasteiger partial charge on any atom is 0.262 e. The predicted molar refractivity (Wildman–Crippen MR) is 78.2 cm³/mol. The van der Waals surface area contributed by atoms with Crippen LogP contribution in [-0.2, 0) is 17.1 Å². The van der Waals surface area contributed by atoms with Crippen LogP contribution in [0.2, 0.25) is 0 Å². The third-order valence-electron chi connectivity index (χ3n) is 2.46. The fraction of sp³-hybridized carbons (Fsp3) is 0.636. The second-order valence-electron chi connectivity index (χ2n) is 4.85. The topological polar surface area (TPSA) is 81.2 Å². The molecule has 19 heavy (non-hydrogen) atoms. The highest BCUT2D eigenvalue weighted by molar-refractivity contribution is 7.89. The van der Waals surface area contributed by atoms with Gasteiger partial charge in [0.15, 0.2) is 5.03 Å². The minimum atomic E-state index is -3.58. The van der Waals surface area contributed by atoms with E-state index in [1.54, 1.807) is 11.6 Å². The van der Waals surface area contributed by atoms with E-state index in [1.165, 1.54) is 16.8 Å². The van der Waals surface area contributed by atoms with Crippen molar-refractivity contribution in [1.82, 2.24) is 13.9 Å². The third-order valence-corrected chi connectivity index (χ3v) is 4.42. The molecule has 0 radical (unpaired) electrons. The van der Waals surface area contributed by atoms with Crippen molar-refractivity contribution in [2.45, 2.75) is 25.3 Å². The van der Waals surface area contributed by atoms with Gasteiger partial charge in [0.1, 0.15) is 0 Å². The zero-order valence-corrected chi connectivity index (χ0v) is 13.0. The first kappa shape index (κ1) is 16.1. The van der Waals surface area contributed by atoms with Crippen molar-refractivity contribution in [3.8, 4) is 0 Å². The fourth-order valence-corrected chi connectivity index (χ4v) is 3.27. The number of hydrogen-bond donors (Lipinski definition) is 1. The number of aromatic nitrogens is 2. The second kappa shape index (κ2) is 6.44. The molecule has 8 heteroatoms. The summed E-state index contributed by atoms with van der Waals surface area (Å²) < 4.78 is 27.9. The summed E-state index contributed by atoms with van der Waals surface area (Å²) in [6, 6.07) is 0. The Morgan fingerprint density at radius 1 is 1.58 bits per heavy atom. The Labute approximate surface area is 119 Å². The summed E-state index contributed by atoms with van der Waals surface area (Å²) in [6.07, 6.45) is 3.32. The van der Waals surface area contributed by atoms with Gasteiger partial charge in [-0.2, -0.15) is 4.31 Å². The van der Waals surface area contributed by atoms with E-state index in [0.717, 1.165) is 0 Å². The van der Waals surface area contributed by atoms with Crippen molar-refractivity contribution in [3.63, 3.8) is 0 Å². The van der Waals surface area contributed by atoms with Gasteiger partial charge in [0.05, 0.1) is 11.3 Å². The quantitative estimate of drug-likeness (QED) is 0.752. The van der Waals surface area contributed by atoms with Crippen LogP contribution in [0.5, 0.6) is 0 Å². The van der Waals surface area contributed by atoms with Gasteiger partial charge in [0, 0.05) is 32.8 Å². The van der Waals surface area contributed by atoms with E-state index in [9.17, 15) is 8.42 Å². The van der Waals surface area contributed by atoms with E-state index in [0.29, 0.717) is 18.0 Å². The van der Waals surface area contributed by atoms with Crippen LogP contribution in [0.25, 0.3) is 0 Å². The molecule has 0 saturated carbocycles. The monoisotopic (exact) mass is 304 g/mol. The zero-order valence-electron chi connectivity index (χ0n) is 11.4. The van der Waals surface area contributed by atoms with Crippen molar-refractivity contribution >= 4 is 27.2 Å². The first-order chi connectivity index (χ1) is 8.73. The van der Waals surface area contributed by atoms with Crippen molar-refractivity contribution in [2.24, 2.45) is 18.7 Å². The van der Waals surface area contributed by atoms with Gasteiger partial charge in [-0.05, 0) is 5.92 Å². The van der Waals surface area contributed by atoms with E-state index in [2.05, 4.69) is 4.98 Å². The standard InChI is InChI=1S/C11H20N4O2S2/c1-9(2)6-15(5-4-10(12)18)19(16,17)11-7-14(3)8-13-11/h7-9H,4-6H2,1-3H3,(H2,12,18). The Kier molecular flexibility index (Phi) is 5.45. The van der Waals surface area contributed by atoms with Crippen LogP contribution in [0, 0.1) is 5.92 Å². The molecule has 1 aromatic heterocycles. The maximum atomic E-state index is 12.5. The number of aryl methyl sites for hydroxylation is 1. The molecule has 6 nitrogen and oxygen atoms in total. The highest BCUT2D eigenvalue weighted by atomic mass is 32.2. The lowest BCUT2D eigenvalue weighted by Gasteiger charge is -2.22. The highest BCUT2D eigenvalue weighted by Crippen LogP contribution is 2.15. The number of nitrogens with zero attached hydrogens (tertiary/aromatic N) is 3. The molecular formula is C11H20N4O2S2. The number of sulfonamides is 1. The van der Waals surface area contributed by atoms with Crippen LogP contribution < -0.4 is 5.73 Å². The lowest BCUT2D eigenvalue weighted by molar-refractivity contribution is 0.373. The summed E-state index contributed by atoms with van der Waals surface area (Å²) in [5.74, 6) is 0.213. The minimum Gasteiger partial charge on any atom is -0.393 e. The third kappa shape index (κ3) is 4.55. The summed E-state index contributed by atoms with van der Waals surface area (Å²) in [4.78, 5) is 4.22. The Morgan fingerprint density at radius 3 is 2.63 bits per heavy atom. The summed E-state index contributed by atoms with van der Waals surface area (Å²) in [7, 11) is -1.85. The lowest BCUT2D eigenvalue weighted by atomic mass is 10.2. The van der Waals surface area contributed by atoms with Gasteiger partial charge in [-0.15, -0.1) is 0 Å². The van der Waals surface area contributed by atoms with Crippen LogP contribution in [-0.4, -0.2) is 40.4 Å². The first-order valence-electron chi connectivity index (χ1n) is 6.00. The molecule has 0 atom stereocenters. The van der Waals surface area contributed by atoms with Gasteiger partial charge in [-0.1, -0.05) is 26.1 Å². The zero-order chi connectivity index (χ0) is 14.6. The summed E-state index contributed by atoms with van der Waals surface area (Å²) in [6.45, 7) is 4.62. The molecule has 108 valence electrons. The minimum absolute atomic E-state index is 0.0542. The van der Waals surface area contributed by atoms with Crippen LogP contribution >= 0.6 is 12.2 Å². The van der Waals surface area contributed by atoms with E-state index in [1.807, 2.05) is 13.8 Å². The number of imidazole rings is 1. The molecule has 0 aliphatic rings. The van der Waals surface area contributed by atoms with Gasteiger partial charge < -0.3 is 10.3 Å². The Bertz CT molecular complexity index is 537. The molecule has 0 fully saturated rings. The van der Waals surface area contributed by atoms with Gasteiger partial charge in [0.2, 0.25) is 0 Å². The van der Waals surface area contributed by atoms with Crippen LogP contribution in [0.15, 0.2) is 17.6 Å². The maximum absolute atomic E-state index is 12.5. The van der Waals surface area contributed by atoms with Crippen molar-refractivity contribution in [3.05, 3.63) is 12.5 Å². The van der Waals surface area contributed by atoms with Gasteiger partial charge >= 0.3 is 0 Å². The van der Waals surface area contributed by atoms with E-state index < -0.39 is 10.0 Å². The molecule has 1 rings (SSSR count). The van der Waals surface area contributed by atoms with E-state index in [4.69, 9.17) is 18.0 Å². The van der Waals surface area contributed by atoms with Gasteiger partial charge in [0.25, 0.3) is 10.0 Å². The van der Waals surface area contributed by atoms with Crippen molar-refractivity contribution < 1.29 is 8.42 Å². The number of thiocarbonyl (C=S) groups is 1. The molecule has 1 heterocycles. The molecule has 0 aliphatic heterocycles. The molecule has 0 aliphatic carbocycles. The fourth-order valence-electron chi connectivity index (χ4n) is 1.61. The number of hydrogen-bond acceptors (Lipinski definition) is 4. The molecule has 0 spiro atoms. The lowest BCUT2D eigenvalue weighted by Crippen LogP contribution is -2.36. The summed E-state index contributed by atoms with van der Waals surface area (Å²) in [5.41, 5.74) is 5.45. The molecule has 1 aromatic rings. The molecule has 0 unspecified atom stereocenters. The van der Waals surface area contributed by atoms with Gasteiger partial charge in [-0.25, -0.2) is 13.4 Å². The van der Waals surface area contributed by atoms with Crippen LogP contribution in [0.4, 0.5) is 0 Å². The average Bonchev–Trinajstić information content (AvgIpc) is 2.70. The van der Waals surface area contributed by atoms with E-state index in [-0.39, 0.29) is 17.5 Å². The largest absolute Gasteiger partial charge is 0.393 e. The normalized spacial score (nSPS) is 12.3. The predicted octanol–water partition coefficient (Wildman–Crippen LogP) is 0.743. The number of rotatable bonds is 7. The molecule has 0 bridgehead atoms. The molecule has 0 amide bonds.